The lowest BCUT2D eigenvalue weighted by molar-refractivity contribution is -0.146. The van der Waals surface area contributed by atoms with Gasteiger partial charge in [-0.25, -0.2) is 0 Å². The van der Waals surface area contributed by atoms with E-state index in [9.17, 15) is 9.59 Å². The van der Waals surface area contributed by atoms with E-state index in [0.717, 1.165) is 12.8 Å². The van der Waals surface area contributed by atoms with Crippen LogP contribution >= 0.6 is 0 Å². The Bertz CT molecular complexity index is 259. The molecule has 1 fully saturated rings. The first kappa shape index (κ1) is 12.0. The van der Waals surface area contributed by atoms with Crippen LogP contribution in [0, 0.1) is 17.8 Å². The zero-order valence-electron chi connectivity index (χ0n) is 9.49. The molecule has 0 spiro atoms. The Hall–Kier alpha value is -1.06. The second-order valence-corrected chi connectivity index (χ2v) is 4.70. The molecule has 0 aromatic heterocycles. The summed E-state index contributed by atoms with van der Waals surface area (Å²) in [6.07, 6.45) is 2.03. The molecule has 86 valence electrons. The van der Waals surface area contributed by atoms with Gasteiger partial charge in [0.05, 0.1) is 5.92 Å². The largest absolute Gasteiger partial charge is 0.481 e. The van der Waals surface area contributed by atoms with Gasteiger partial charge in [0, 0.05) is 12.0 Å². The third kappa shape index (κ3) is 2.94. The molecule has 1 amide bonds. The second kappa shape index (κ2) is 4.64. The highest BCUT2D eigenvalue weighted by molar-refractivity contribution is 5.84. The molecular formula is C11H19NO3. The Kier molecular flexibility index (Phi) is 3.72. The molecule has 2 atom stereocenters. The van der Waals surface area contributed by atoms with Crippen LogP contribution in [0.5, 0.6) is 0 Å². The van der Waals surface area contributed by atoms with Crippen LogP contribution in [0.15, 0.2) is 0 Å². The predicted molar refractivity (Wildman–Crippen MR) is 56.3 cm³/mol. The molecule has 0 heterocycles. The number of hydrogen-bond acceptors (Lipinski definition) is 2. The fourth-order valence-corrected chi connectivity index (χ4v) is 1.79. The highest BCUT2D eigenvalue weighted by Crippen LogP contribution is 2.26. The monoisotopic (exact) mass is 213 g/mol. The van der Waals surface area contributed by atoms with Gasteiger partial charge >= 0.3 is 5.97 Å². The van der Waals surface area contributed by atoms with Crippen LogP contribution in [0.25, 0.3) is 0 Å². The lowest BCUT2D eigenvalue weighted by Crippen LogP contribution is -2.46. The van der Waals surface area contributed by atoms with Crippen LogP contribution in [-0.4, -0.2) is 23.0 Å². The third-order valence-electron chi connectivity index (χ3n) is 3.27. The number of aliphatic carboxylic acids is 1. The van der Waals surface area contributed by atoms with Gasteiger partial charge in [0.15, 0.2) is 0 Å². The molecule has 0 saturated heterocycles. The summed E-state index contributed by atoms with van der Waals surface area (Å²) >= 11 is 0. The average molecular weight is 213 g/mol. The van der Waals surface area contributed by atoms with Gasteiger partial charge in [-0.15, -0.1) is 0 Å². The first-order chi connectivity index (χ1) is 6.91. The second-order valence-electron chi connectivity index (χ2n) is 4.70. The van der Waals surface area contributed by atoms with Crippen LogP contribution in [0.2, 0.25) is 0 Å². The number of amides is 1. The molecule has 0 aromatic carbocycles. The number of carboxylic acid groups (broad SMARTS) is 1. The number of carbonyl (C=O) groups is 2. The molecule has 4 nitrogen and oxygen atoms in total. The Morgan fingerprint density at radius 1 is 1.27 bits per heavy atom. The SMILES string of the molecule is CC1CC(NC(=O)C(C)C(C)C(=O)O)C1. The maximum Gasteiger partial charge on any atom is 0.307 e. The van der Waals surface area contributed by atoms with Gasteiger partial charge in [0.25, 0.3) is 0 Å². The molecule has 15 heavy (non-hydrogen) atoms. The van der Waals surface area contributed by atoms with Crippen molar-refractivity contribution in [3.8, 4) is 0 Å². The van der Waals surface area contributed by atoms with Crippen molar-refractivity contribution in [1.29, 1.82) is 0 Å². The molecule has 1 aliphatic carbocycles. The molecule has 0 aliphatic heterocycles. The maximum absolute atomic E-state index is 11.6. The smallest absolute Gasteiger partial charge is 0.307 e. The van der Waals surface area contributed by atoms with Crippen molar-refractivity contribution in [2.75, 3.05) is 0 Å². The van der Waals surface area contributed by atoms with Gasteiger partial charge in [-0.1, -0.05) is 20.8 Å². The van der Waals surface area contributed by atoms with Crippen LogP contribution in [0.3, 0.4) is 0 Å². The third-order valence-corrected chi connectivity index (χ3v) is 3.27. The number of carbonyl (C=O) groups excluding carboxylic acids is 1. The highest BCUT2D eigenvalue weighted by atomic mass is 16.4. The van der Waals surface area contributed by atoms with Crippen LogP contribution in [0.1, 0.15) is 33.6 Å². The van der Waals surface area contributed by atoms with Gasteiger partial charge in [-0.3, -0.25) is 9.59 Å². The van der Waals surface area contributed by atoms with Gasteiger partial charge in [-0.05, 0) is 18.8 Å². The lowest BCUT2D eigenvalue weighted by Gasteiger charge is -2.34. The summed E-state index contributed by atoms with van der Waals surface area (Å²) in [6.45, 7) is 5.37. The van der Waals surface area contributed by atoms with Crippen molar-refractivity contribution in [2.24, 2.45) is 17.8 Å². The number of carboxylic acids is 1. The van der Waals surface area contributed by atoms with Crippen molar-refractivity contribution in [1.82, 2.24) is 5.32 Å². The summed E-state index contributed by atoms with van der Waals surface area (Å²) in [5.74, 6) is -1.45. The van der Waals surface area contributed by atoms with E-state index < -0.39 is 17.8 Å². The highest BCUT2D eigenvalue weighted by Gasteiger charge is 2.31. The quantitative estimate of drug-likeness (QED) is 0.738. The maximum atomic E-state index is 11.6. The van der Waals surface area contributed by atoms with E-state index in [2.05, 4.69) is 12.2 Å². The molecule has 0 bridgehead atoms. The minimum absolute atomic E-state index is 0.137. The molecule has 1 rings (SSSR count). The summed E-state index contributed by atoms with van der Waals surface area (Å²) in [6, 6.07) is 0.260. The number of nitrogens with one attached hydrogen (secondary N) is 1. The fraction of sp³-hybridized carbons (Fsp3) is 0.818. The van der Waals surface area contributed by atoms with E-state index >= 15 is 0 Å². The summed E-state index contributed by atoms with van der Waals surface area (Å²) in [5, 5.41) is 11.6. The zero-order chi connectivity index (χ0) is 11.6. The van der Waals surface area contributed by atoms with Crippen molar-refractivity contribution < 1.29 is 14.7 Å². The topological polar surface area (TPSA) is 66.4 Å². The fourth-order valence-electron chi connectivity index (χ4n) is 1.79. The molecular weight excluding hydrogens is 194 g/mol. The molecule has 1 saturated carbocycles. The Balaban J connectivity index is 2.36. The average Bonchev–Trinajstić information content (AvgIpc) is 2.12. The van der Waals surface area contributed by atoms with E-state index in [1.165, 1.54) is 0 Å². The standard InChI is InChI=1S/C11H19NO3/c1-6-4-9(5-6)12-10(13)7(2)8(3)11(14)15/h6-9H,4-5H2,1-3H3,(H,12,13)(H,14,15). The van der Waals surface area contributed by atoms with Crippen LogP contribution in [0.4, 0.5) is 0 Å². The molecule has 2 unspecified atom stereocenters. The number of hydrogen-bond donors (Lipinski definition) is 2. The summed E-state index contributed by atoms with van der Waals surface area (Å²) in [4.78, 5) is 22.3. The van der Waals surface area contributed by atoms with E-state index in [1.54, 1.807) is 13.8 Å². The van der Waals surface area contributed by atoms with E-state index in [0.29, 0.717) is 5.92 Å². The molecule has 4 heteroatoms. The summed E-state index contributed by atoms with van der Waals surface area (Å²) in [7, 11) is 0. The minimum Gasteiger partial charge on any atom is -0.481 e. The van der Waals surface area contributed by atoms with Crippen molar-refractivity contribution in [3.63, 3.8) is 0 Å². The van der Waals surface area contributed by atoms with Crippen molar-refractivity contribution >= 4 is 11.9 Å². The first-order valence-corrected chi connectivity index (χ1v) is 5.45. The van der Waals surface area contributed by atoms with Gasteiger partial charge in [-0.2, -0.15) is 0 Å². The summed E-state index contributed by atoms with van der Waals surface area (Å²) in [5.41, 5.74) is 0. The Morgan fingerprint density at radius 2 is 1.80 bits per heavy atom. The van der Waals surface area contributed by atoms with Crippen LogP contribution < -0.4 is 5.32 Å². The zero-order valence-corrected chi connectivity index (χ0v) is 9.49. The van der Waals surface area contributed by atoms with E-state index in [1.807, 2.05) is 0 Å². The molecule has 0 aromatic rings. The Labute approximate surface area is 90.0 Å². The van der Waals surface area contributed by atoms with Gasteiger partial charge < -0.3 is 10.4 Å². The molecule has 0 radical (unpaired) electrons. The summed E-state index contributed by atoms with van der Waals surface area (Å²) < 4.78 is 0. The van der Waals surface area contributed by atoms with E-state index in [4.69, 9.17) is 5.11 Å². The van der Waals surface area contributed by atoms with E-state index in [-0.39, 0.29) is 11.9 Å². The van der Waals surface area contributed by atoms with Gasteiger partial charge in [0.1, 0.15) is 0 Å². The minimum atomic E-state index is -0.917. The first-order valence-electron chi connectivity index (χ1n) is 5.45. The Morgan fingerprint density at radius 3 is 2.20 bits per heavy atom. The van der Waals surface area contributed by atoms with Crippen molar-refractivity contribution in [3.05, 3.63) is 0 Å². The molecule has 1 aliphatic rings. The van der Waals surface area contributed by atoms with Crippen LogP contribution in [-0.2, 0) is 9.59 Å². The van der Waals surface area contributed by atoms with Crippen molar-refractivity contribution in [2.45, 2.75) is 39.7 Å². The normalized spacial score (nSPS) is 28.7. The lowest BCUT2D eigenvalue weighted by atomic mass is 9.81. The molecule has 2 N–H and O–H groups in total. The van der Waals surface area contributed by atoms with Gasteiger partial charge in [0.2, 0.25) is 5.91 Å². The number of rotatable bonds is 4. The predicted octanol–water partition coefficient (Wildman–Crippen LogP) is 1.26.